The third-order valence-corrected chi connectivity index (χ3v) is 7.38. The van der Waals surface area contributed by atoms with Crippen LogP contribution >= 0.6 is 0 Å². The van der Waals surface area contributed by atoms with E-state index in [-0.39, 0.29) is 22.9 Å². The fourth-order valence-corrected chi connectivity index (χ4v) is 6.53. The number of hydrogen-bond acceptors (Lipinski definition) is 4. The van der Waals surface area contributed by atoms with E-state index in [1.165, 1.54) is 44.6 Å². The van der Waals surface area contributed by atoms with Crippen molar-refractivity contribution in [3.05, 3.63) is 24.3 Å². The summed E-state index contributed by atoms with van der Waals surface area (Å²) in [5.74, 6) is 2.31. The first-order valence-electron chi connectivity index (χ1n) is 9.17. The van der Waals surface area contributed by atoms with Crippen molar-refractivity contribution in [3.63, 3.8) is 0 Å². The fourth-order valence-electron chi connectivity index (χ4n) is 5.68. The second kappa shape index (κ2) is 6.09. The second-order valence-corrected chi connectivity index (χ2v) is 10.4. The number of sulfone groups is 1. The molecule has 0 heterocycles. The molecule has 4 fully saturated rings. The molecule has 0 saturated heterocycles. The van der Waals surface area contributed by atoms with Gasteiger partial charge in [0, 0.05) is 11.8 Å². The van der Waals surface area contributed by atoms with Gasteiger partial charge in [0.05, 0.1) is 17.1 Å². The van der Waals surface area contributed by atoms with Gasteiger partial charge in [-0.3, -0.25) is 4.79 Å². The van der Waals surface area contributed by atoms with Crippen LogP contribution in [0.15, 0.2) is 29.2 Å². The summed E-state index contributed by atoms with van der Waals surface area (Å²) in [7, 11) is -3.37. The summed E-state index contributed by atoms with van der Waals surface area (Å²) in [6.07, 6.45) is 8.83. The van der Waals surface area contributed by atoms with Crippen LogP contribution in [-0.4, -0.2) is 32.7 Å². The van der Waals surface area contributed by atoms with Crippen LogP contribution in [-0.2, 0) is 14.6 Å². The number of carbonyl (C=O) groups excluding carboxylic acids is 1. The second-order valence-electron chi connectivity index (χ2n) is 8.37. The predicted octanol–water partition coefficient (Wildman–Crippen LogP) is 2.59. The molecule has 6 heteroatoms. The van der Waals surface area contributed by atoms with Crippen molar-refractivity contribution < 1.29 is 13.2 Å². The number of nitrogens with one attached hydrogen (secondary N) is 2. The van der Waals surface area contributed by atoms with Crippen LogP contribution in [0.1, 0.15) is 38.5 Å². The van der Waals surface area contributed by atoms with Crippen molar-refractivity contribution in [2.45, 2.75) is 49.0 Å². The summed E-state index contributed by atoms with van der Waals surface area (Å²) >= 11 is 0. The Morgan fingerprint density at radius 2 is 1.64 bits per heavy atom. The zero-order valence-corrected chi connectivity index (χ0v) is 15.4. The predicted molar refractivity (Wildman–Crippen MR) is 97.1 cm³/mol. The third-order valence-electron chi connectivity index (χ3n) is 6.22. The Morgan fingerprint density at radius 1 is 1.08 bits per heavy atom. The van der Waals surface area contributed by atoms with Gasteiger partial charge in [0.2, 0.25) is 5.91 Å². The first kappa shape index (κ1) is 17.0. The molecular formula is C19H26N2O3S. The maximum absolute atomic E-state index is 12.4. The van der Waals surface area contributed by atoms with Gasteiger partial charge in [0.1, 0.15) is 0 Å². The molecule has 0 spiro atoms. The minimum atomic E-state index is -3.37. The summed E-state index contributed by atoms with van der Waals surface area (Å²) < 4.78 is 23.7. The molecule has 0 aliphatic heterocycles. The topological polar surface area (TPSA) is 75.3 Å². The molecule has 1 aromatic carbocycles. The molecule has 0 aromatic heterocycles. The van der Waals surface area contributed by atoms with Gasteiger partial charge >= 0.3 is 0 Å². The minimum absolute atomic E-state index is 0.127. The van der Waals surface area contributed by atoms with Crippen molar-refractivity contribution in [2.75, 3.05) is 18.1 Å². The normalized spacial score (nSPS) is 33.4. The molecular weight excluding hydrogens is 336 g/mol. The third kappa shape index (κ3) is 3.47. The Labute approximate surface area is 149 Å². The van der Waals surface area contributed by atoms with E-state index < -0.39 is 9.84 Å². The Balaban J connectivity index is 1.41. The molecule has 5 rings (SSSR count). The van der Waals surface area contributed by atoms with Gasteiger partial charge in [0.25, 0.3) is 0 Å². The lowest BCUT2D eigenvalue weighted by atomic mass is 9.53. The van der Waals surface area contributed by atoms with Gasteiger partial charge in [-0.15, -0.1) is 0 Å². The van der Waals surface area contributed by atoms with Crippen LogP contribution in [0.4, 0.5) is 5.69 Å². The minimum Gasteiger partial charge on any atom is -0.324 e. The highest BCUT2D eigenvalue weighted by Crippen LogP contribution is 2.55. The van der Waals surface area contributed by atoms with E-state index in [0.29, 0.717) is 5.69 Å². The maximum atomic E-state index is 12.4. The number of para-hydroxylation sites is 1. The summed E-state index contributed by atoms with van der Waals surface area (Å²) in [5, 5.41) is 6.31. The Morgan fingerprint density at radius 3 is 2.20 bits per heavy atom. The smallest absolute Gasteiger partial charge is 0.238 e. The molecule has 4 aliphatic rings. The number of benzene rings is 1. The number of carbonyl (C=O) groups is 1. The highest BCUT2D eigenvalue weighted by molar-refractivity contribution is 7.90. The van der Waals surface area contributed by atoms with E-state index in [1.807, 2.05) is 0 Å². The molecule has 0 radical (unpaired) electrons. The number of hydrogen-bond donors (Lipinski definition) is 2. The van der Waals surface area contributed by atoms with Crippen LogP contribution < -0.4 is 10.6 Å². The lowest BCUT2D eigenvalue weighted by molar-refractivity contribution is -0.116. The summed E-state index contributed by atoms with van der Waals surface area (Å²) in [5.41, 5.74) is 0.491. The summed E-state index contributed by atoms with van der Waals surface area (Å²) in [6, 6.07) is 6.56. The standard InChI is InChI=1S/C19H26N2O3S/c1-25(23,24)17-5-3-2-4-16(17)21-18(22)12-20-19-9-13-6-14(10-19)8-15(7-13)11-19/h2-5,13-15,20H,6-12H2,1H3,(H,21,22). The van der Waals surface area contributed by atoms with Gasteiger partial charge in [-0.1, -0.05) is 12.1 Å². The molecule has 25 heavy (non-hydrogen) atoms. The molecule has 1 amide bonds. The molecule has 1 aromatic rings. The quantitative estimate of drug-likeness (QED) is 0.844. The van der Waals surface area contributed by atoms with E-state index in [9.17, 15) is 13.2 Å². The largest absolute Gasteiger partial charge is 0.324 e. The van der Waals surface area contributed by atoms with E-state index in [2.05, 4.69) is 10.6 Å². The van der Waals surface area contributed by atoms with Crippen molar-refractivity contribution in [2.24, 2.45) is 17.8 Å². The zero-order valence-electron chi connectivity index (χ0n) is 14.6. The van der Waals surface area contributed by atoms with Crippen molar-refractivity contribution >= 4 is 21.4 Å². The van der Waals surface area contributed by atoms with Crippen molar-refractivity contribution in [1.82, 2.24) is 5.32 Å². The fraction of sp³-hybridized carbons (Fsp3) is 0.632. The monoisotopic (exact) mass is 362 g/mol. The Kier molecular flexibility index (Phi) is 4.15. The Bertz CT molecular complexity index is 752. The highest BCUT2D eigenvalue weighted by Gasteiger charge is 2.50. The van der Waals surface area contributed by atoms with Gasteiger partial charge in [0.15, 0.2) is 9.84 Å². The van der Waals surface area contributed by atoms with Crippen LogP contribution in [0.25, 0.3) is 0 Å². The van der Waals surface area contributed by atoms with E-state index in [1.54, 1.807) is 18.2 Å². The average molecular weight is 362 g/mol. The number of amides is 1. The van der Waals surface area contributed by atoms with Crippen LogP contribution in [0.3, 0.4) is 0 Å². The first-order chi connectivity index (χ1) is 11.8. The van der Waals surface area contributed by atoms with E-state index >= 15 is 0 Å². The number of rotatable bonds is 5. The van der Waals surface area contributed by atoms with E-state index in [4.69, 9.17) is 0 Å². The SMILES string of the molecule is CS(=O)(=O)c1ccccc1NC(=O)CNC12CC3CC(CC(C3)C1)C2. The van der Waals surface area contributed by atoms with Crippen LogP contribution in [0.5, 0.6) is 0 Å². The summed E-state index contributed by atoms with van der Waals surface area (Å²) in [6.45, 7) is 0.240. The average Bonchev–Trinajstić information content (AvgIpc) is 2.51. The highest BCUT2D eigenvalue weighted by atomic mass is 32.2. The van der Waals surface area contributed by atoms with Gasteiger partial charge in [-0.2, -0.15) is 0 Å². The molecule has 0 unspecified atom stereocenters. The molecule has 5 nitrogen and oxygen atoms in total. The molecule has 4 saturated carbocycles. The molecule has 4 aliphatic carbocycles. The van der Waals surface area contributed by atoms with Crippen LogP contribution in [0, 0.1) is 17.8 Å². The molecule has 136 valence electrons. The lowest BCUT2D eigenvalue weighted by Gasteiger charge is -2.57. The van der Waals surface area contributed by atoms with E-state index in [0.717, 1.165) is 24.0 Å². The molecule has 2 N–H and O–H groups in total. The number of anilines is 1. The lowest BCUT2D eigenvalue weighted by Crippen LogP contribution is -2.59. The van der Waals surface area contributed by atoms with Crippen molar-refractivity contribution in [1.29, 1.82) is 0 Å². The molecule has 0 atom stereocenters. The Hall–Kier alpha value is -1.40. The first-order valence-corrected chi connectivity index (χ1v) is 11.1. The van der Waals surface area contributed by atoms with Gasteiger partial charge < -0.3 is 10.6 Å². The molecule has 4 bridgehead atoms. The maximum Gasteiger partial charge on any atom is 0.238 e. The zero-order chi connectivity index (χ0) is 17.7. The summed E-state index contributed by atoms with van der Waals surface area (Å²) in [4.78, 5) is 12.6. The van der Waals surface area contributed by atoms with Crippen molar-refractivity contribution in [3.8, 4) is 0 Å². The van der Waals surface area contributed by atoms with Gasteiger partial charge in [-0.05, 0) is 68.4 Å². The van der Waals surface area contributed by atoms with Gasteiger partial charge in [-0.25, -0.2) is 8.42 Å². The van der Waals surface area contributed by atoms with Crippen LogP contribution in [0.2, 0.25) is 0 Å².